The number of para-hydroxylation sites is 2. The second-order valence-corrected chi connectivity index (χ2v) is 4.65. The molecule has 1 amide bonds. The fraction of sp³-hybridized carbons (Fsp3) is 0.333. The fourth-order valence-electron chi connectivity index (χ4n) is 1.28. The number of anilines is 1. The Morgan fingerprint density at radius 1 is 1.53 bits per heavy atom. The van der Waals surface area contributed by atoms with E-state index in [-0.39, 0.29) is 18.3 Å². The first-order valence-electron chi connectivity index (χ1n) is 5.64. The Hall–Kier alpha value is -1.89. The number of rotatable bonds is 7. The number of nitrogens with one attached hydrogen (secondary N) is 1. The lowest BCUT2D eigenvalue weighted by Gasteiger charge is -2.11. The number of hydrogen-bond donors (Lipinski definition) is 3. The van der Waals surface area contributed by atoms with Gasteiger partial charge < -0.3 is 21.0 Å². The number of thioether (sulfide) groups is 1. The third-order valence-corrected chi connectivity index (χ3v) is 2.81. The molecule has 1 rings (SSSR count). The largest absolute Gasteiger partial charge is 0.483 e. The van der Waals surface area contributed by atoms with Gasteiger partial charge in [0.15, 0.2) is 5.84 Å². The first-order chi connectivity index (χ1) is 9.17. The Morgan fingerprint density at radius 2 is 2.26 bits per heavy atom. The van der Waals surface area contributed by atoms with Gasteiger partial charge in [-0.3, -0.25) is 4.79 Å². The van der Waals surface area contributed by atoms with Gasteiger partial charge in [-0.25, -0.2) is 0 Å². The van der Waals surface area contributed by atoms with Gasteiger partial charge in [0.2, 0.25) is 5.91 Å². The van der Waals surface area contributed by atoms with E-state index in [1.165, 1.54) is 0 Å². The van der Waals surface area contributed by atoms with E-state index in [0.717, 1.165) is 5.75 Å². The highest BCUT2D eigenvalue weighted by Gasteiger charge is 2.07. The molecule has 0 radical (unpaired) electrons. The first-order valence-corrected chi connectivity index (χ1v) is 7.03. The number of benzene rings is 1. The van der Waals surface area contributed by atoms with Gasteiger partial charge in [0.1, 0.15) is 12.4 Å². The molecular weight excluding hydrogens is 266 g/mol. The molecule has 0 saturated heterocycles. The van der Waals surface area contributed by atoms with Crippen LogP contribution >= 0.6 is 11.8 Å². The molecule has 0 aromatic heterocycles. The number of nitrogens with zero attached hydrogens (tertiary/aromatic N) is 1. The summed E-state index contributed by atoms with van der Waals surface area (Å²) in [5, 5.41) is 14.0. The van der Waals surface area contributed by atoms with Crippen LogP contribution in [-0.2, 0) is 4.79 Å². The number of nitrogens with two attached hydrogens (primary N) is 1. The number of amidine groups is 1. The van der Waals surface area contributed by atoms with Crippen molar-refractivity contribution in [1.29, 1.82) is 0 Å². The maximum atomic E-state index is 11.6. The number of carbonyl (C=O) groups is 1. The van der Waals surface area contributed by atoms with Crippen LogP contribution in [0, 0.1) is 0 Å². The highest BCUT2D eigenvalue weighted by atomic mass is 32.2. The molecule has 0 spiro atoms. The average Bonchev–Trinajstić information content (AvgIpc) is 2.43. The fourth-order valence-corrected chi connectivity index (χ4v) is 1.67. The van der Waals surface area contributed by atoms with E-state index in [0.29, 0.717) is 17.9 Å². The summed E-state index contributed by atoms with van der Waals surface area (Å²) in [6.07, 6.45) is 2.39. The highest BCUT2D eigenvalue weighted by molar-refractivity contribution is 7.98. The summed E-state index contributed by atoms with van der Waals surface area (Å²) in [4.78, 5) is 11.6. The Bertz CT molecular complexity index is 452. The first kappa shape index (κ1) is 15.2. The Kier molecular flexibility index (Phi) is 6.59. The summed E-state index contributed by atoms with van der Waals surface area (Å²) >= 11 is 1.61. The van der Waals surface area contributed by atoms with Crippen molar-refractivity contribution in [2.45, 2.75) is 6.42 Å². The van der Waals surface area contributed by atoms with Crippen LogP contribution < -0.4 is 15.8 Å². The molecule has 0 saturated carbocycles. The molecule has 1 aromatic carbocycles. The van der Waals surface area contributed by atoms with Crippen molar-refractivity contribution < 1.29 is 14.7 Å². The Balaban J connectivity index is 2.64. The van der Waals surface area contributed by atoms with E-state index in [4.69, 9.17) is 15.7 Å². The monoisotopic (exact) mass is 283 g/mol. The molecule has 0 unspecified atom stereocenters. The summed E-state index contributed by atoms with van der Waals surface area (Å²) in [5.41, 5.74) is 5.89. The van der Waals surface area contributed by atoms with Crippen LogP contribution in [0.15, 0.2) is 29.4 Å². The summed E-state index contributed by atoms with van der Waals surface area (Å²) in [7, 11) is 0. The average molecular weight is 283 g/mol. The topological polar surface area (TPSA) is 96.9 Å². The maximum absolute atomic E-state index is 11.6. The summed E-state index contributed by atoms with van der Waals surface area (Å²) in [6.45, 7) is -0.0474. The maximum Gasteiger partial charge on any atom is 0.225 e. The zero-order valence-electron chi connectivity index (χ0n) is 10.6. The van der Waals surface area contributed by atoms with E-state index >= 15 is 0 Å². The Morgan fingerprint density at radius 3 is 2.95 bits per heavy atom. The van der Waals surface area contributed by atoms with Crippen molar-refractivity contribution in [2.24, 2.45) is 10.9 Å². The van der Waals surface area contributed by atoms with Gasteiger partial charge in [-0.2, -0.15) is 11.8 Å². The quantitative estimate of drug-likeness (QED) is 0.305. The summed E-state index contributed by atoms with van der Waals surface area (Å²) in [5.74, 6) is 1.13. The number of oxime groups is 1. The van der Waals surface area contributed by atoms with Gasteiger partial charge in [-0.1, -0.05) is 17.3 Å². The minimum atomic E-state index is -0.0748. The Labute approximate surface area is 116 Å². The molecule has 0 fully saturated rings. The van der Waals surface area contributed by atoms with E-state index in [1.54, 1.807) is 36.0 Å². The van der Waals surface area contributed by atoms with Crippen LogP contribution in [0.2, 0.25) is 0 Å². The molecule has 6 nitrogen and oxygen atoms in total. The molecule has 0 heterocycles. The number of hydrogen-bond acceptors (Lipinski definition) is 5. The van der Waals surface area contributed by atoms with E-state index in [1.807, 2.05) is 6.26 Å². The van der Waals surface area contributed by atoms with Gasteiger partial charge in [0.25, 0.3) is 0 Å². The molecule has 0 bridgehead atoms. The molecular formula is C12H17N3O3S. The smallest absolute Gasteiger partial charge is 0.225 e. The van der Waals surface area contributed by atoms with Crippen LogP contribution in [0.1, 0.15) is 6.42 Å². The molecule has 7 heteroatoms. The lowest BCUT2D eigenvalue weighted by atomic mass is 10.3. The molecule has 4 N–H and O–H groups in total. The number of amides is 1. The summed E-state index contributed by atoms with van der Waals surface area (Å²) in [6, 6.07) is 7.01. The molecule has 0 atom stereocenters. The highest BCUT2D eigenvalue weighted by Crippen LogP contribution is 2.23. The normalized spacial score (nSPS) is 11.1. The SMILES string of the molecule is CSCCC(=O)Nc1ccccc1OCC(N)=NO. The minimum Gasteiger partial charge on any atom is -0.483 e. The molecule has 0 aliphatic rings. The second-order valence-electron chi connectivity index (χ2n) is 3.67. The second kappa shape index (κ2) is 8.25. The van der Waals surface area contributed by atoms with Crippen molar-refractivity contribution >= 4 is 29.2 Å². The lowest BCUT2D eigenvalue weighted by Crippen LogP contribution is -2.21. The zero-order valence-corrected chi connectivity index (χ0v) is 11.4. The third kappa shape index (κ3) is 5.52. The number of ether oxygens (including phenoxy) is 1. The van der Waals surface area contributed by atoms with Crippen LogP contribution in [0.5, 0.6) is 5.75 Å². The lowest BCUT2D eigenvalue weighted by molar-refractivity contribution is -0.115. The van der Waals surface area contributed by atoms with E-state index in [9.17, 15) is 4.79 Å². The minimum absolute atomic E-state index is 0.0384. The standard InChI is InChI=1S/C12H17N3O3S/c1-19-7-6-12(16)14-9-4-2-3-5-10(9)18-8-11(13)15-17/h2-5,17H,6-8H2,1H3,(H2,13,15)(H,14,16). The van der Waals surface area contributed by atoms with Gasteiger partial charge in [-0.15, -0.1) is 0 Å². The molecule has 0 aliphatic carbocycles. The predicted molar refractivity (Wildman–Crippen MR) is 77.0 cm³/mol. The van der Waals surface area contributed by atoms with Gasteiger partial charge in [0.05, 0.1) is 5.69 Å². The molecule has 1 aromatic rings. The molecule has 0 aliphatic heterocycles. The van der Waals surface area contributed by atoms with Gasteiger partial charge in [-0.05, 0) is 18.4 Å². The third-order valence-electron chi connectivity index (χ3n) is 2.20. The van der Waals surface area contributed by atoms with Crippen LogP contribution in [0.3, 0.4) is 0 Å². The van der Waals surface area contributed by atoms with Crippen molar-refractivity contribution in [1.82, 2.24) is 0 Å². The molecule has 19 heavy (non-hydrogen) atoms. The van der Waals surface area contributed by atoms with E-state index < -0.39 is 0 Å². The van der Waals surface area contributed by atoms with Crippen molar-refractivity contribution in [3.05, 3.63) is 24.3 Å². The summed E-state index contributed by atoms with van der Waals surface area (Å²) < 4.78 is 5.36. The van der Waals surface area contributed by atoms with Gasteiger partial charge in [0, 0.05) is 12.2 Å². The van der Waals surface area contributed by atoms with Crippen molar-refractivity contribution in [3.63, 3.8) is 0 Å². The van der Waals surface area contributed by atoms with Crippen molar-refractivity contribution in [3.8, 4) is 5.75 Å². The van der Waals surface area contributed by atoms with Crippen molar-refractivity contribution in [2.75, 3.05) is 23.9 Å². The predicted octanol–water partition coefficient (Wildman–Crippen LogP) is 1.50. The molecule has 104 valence electrons. The van der Waals surface area contributed by atoms with Crippen LogP contribution in [0.4, 0.5) is 5.69 Å². The van der Waals surface area contributed by atoms with Crippen LogP contribution in [0.25, 0.3) is 0 Å². The number of carbonyl (C=O) groups excluding carboxylic acids is 1. The van der Waals surface area contributed by atoms with Crippen LogP contribution in [-0.4, -0.2) is 35.6 Å². The zero-order chi connectivity index (χ0) is 14.1. The van der Waals surface area contributed by atoms with E-state index in [2.05, 4.69) is 10.5 Å². The van der Waals surface area contributed by atoms with Gasteiger partial charge >= 0.3 is 0 Å².